The molecule has 0 atom stereocenters. The minimum atomic E-state index is -4.64. The van der Waals surface area contributed by atoms with Crippen molar-refractivity contribution in [2.45, 2.75) is 13.1 Å². The van der Waals surface area contributed by atoms with E-state index in [0.29, 0.717) is 21.7 Å². The van der Waals surface area contributed by atoms with E-state index in [-0.39, 0.29) is 16.8 Å². The van der Waals surface area contributed by atoms with Crippen LogP contribution in [0.5, 0.6) is 5.75 Å². The van der Waals surface area contributed by atoms with Crippen LogP contribution in [0.4, 0.5) is 18.0 Å². The summed E-state index contributed by atoms with van der Waals surface area (Å²) in [4.78, 5) is 28.3. The molecule has 0 aliphatic carbocycles. The molecule has 4 rings (SSSR count). The molecular formula is C17H10ClF3N6O2S. The molecule has 13 heteroatoms. The molecule has 30 heavy (non-hydrogen) atoms. The maximum absolute atomic E-state index is 13.2. The highest BCUT2D eigenvalue weighted by molar-refractivity contribution is 7.13. The van der Waals surface area contributed by atoms with Gasteiger partial charge in [-0.1, -0.05) is 11.6 Å². The molecule has 0 radical (unpaired) electrons. The average Bonchev–Trinajstić information content (AvgIpc) is 3.27. The zero-order chi connectivity index (χ0) is 21.5. The van der Waals surface area contributed by atoms with E-state index >= 15 is 0 Å². The molecular weight excluding hydrogens is 445 g/mol. The summed E-state index contributed by atoms with van der Waals surface area (Å²) in [6.07, 6.45) is -2.43. The predicted molar refractivity (Wildman–Crippen MR) is 103 cm³/mol. The third kappa shape index (κ3) is 3.91. The molecule has 0 fully saturated rings. The molecule has 8 nitrogen and oxygen atoms in total. The van der Waals surface area contributed by atoms with Gasteiger partial charge in [0.15, 0.2) is 16.6 Å². The Bertz CT molecular complexity index is 1260. The van der Waals surface area contributed by atoms with Crippen LogP contribution in [0.2, 0.25) is 5.15 Å². The lowest BCUT2D eigenvalue weighted by Gasteiger charge is -2.10. The molecule has 4 aromatic rings. The van der Waals surface area contributed by atoms with E-state index in [2.05, 4.69) is 25.4 Å². The Kier molecular flexibility index (Phi) is 5.03. The second-order valence-electron chi connectivity index (χ2n) is 5.90. The van der Waals surface area contributed by atoms with Crippen LogP contribution < -0.4 is 10.2 Å². The number of carbonyl (C=O) groups excluding carboxylic acids is 1. The number of rotatable bonds is 3. The second kappa shape index (κ2) is 7.54. The van der Waals surface area contributed by atoms with Crippen molar-refractivity contribution in [1.82, 2.24) is 24.6 Å². The lowest BCUT2D eigenvalue weighted by Crippen LogP contribution is -2.25. The molecule has 0 bridgehead atoms. The van der Waals surface area contributed by atoms with Crippen molar-refractivity contribution in [1.29, 1.82) is 0 Å². The predicted octanol–water partition coefficient (Wildman–Crippen LogP) is 4.67. The van der Waals surface area contributed by atoms with E-state index in [4.69, 9.17) is 16.3 Å². The SMILES string of the molecule is Cc1nc(-c2nc(Cl)cs2)ncc1OC(=O)Nn1cc(C(F)(F)F)c2ncccc21. The lowest BCUT2D eigenvalue weighted by atomic mass is 10.2. The number of fused-ring (bicyclic) bond motifs is 1. The van der Waals surface area contributed by atoms with Gasteiger partial charge in [-0.3, -0.25) is 9.66 Å². The number of thiazole rings is 1. The highest BCUT2D eigenvalue weighted by atomic mass is 35.5. The van der Waals surface area contributed by atoms with Crippen molar-refractivity contribution in [3.05, 3.63) is 52.5 Å². The molecule has 4 heterocycles. The summed E-state index contributed by atoms with van der Waals surface area (Å²) < 4.78 is 45.7. The number of hydrogen-bond acceptors (Lipinski definition) is 7. The number of alkyl halides is 3. The van der Waals surface area contributed by atoms with Gasteiger partial charge in [-0.25, -0.2) is 25.2 Å². The van der Waals surface area contributed by atoms with Gasteiger partial charge in [-0.05, 0) is 19.1 Å². The Morgan fingerprint density at radius 1 is 1.30 bits per heavy atom. The van der Waals surface area contributed by atoms with Crippen molar-refractivity contribution in [3.63, 3.8) is 0 Å². The van der Waals surface area contributed by atoms with Gasteiger partial charge in [0.1, 0.15) is 16.2 Å². The molecule has 0 aliphatic rings. The van der Waals surface area contributed by atoms with Crippen LogP contribution in [0.1, 0.15) is 11.3 Å². The average molecular weight is 455 g/mol. The van der Waals surface area contributed by atoms with E-state index in [0.717, 1.165) is 10.9 Å². The first-order valence-corrected chi connectivity index (χ1v) is 9.45. The van der Waals surface area contributed by atoms with Crippen LogP contribution in [-0.2, 0) is 6.18 Å². The molecule has 154 valence electrons. The first-order chi connectivity index (χ1) is 14.2. The Hall–Kier alpha value is -3.25. The molecule has 0 unspecified atom stereocenters. The van der Waals surface area contributed by atoms with Crippen LogP contribution in [0, 0.1) is 6.92 Å². The minimum Gasteiger partial charge on any atom is -0.406 e. The zero-order valence-electron chi connectivity index (χ0n) is 14.9. The standard InChI is InChI=1S/C17H10ClF3N6O2S/c1-8-11(5-23-14(24-8)15-25-12(18)7-30-15)29-16(28)26-27-6-9(17(19,20)21)13-10(27)3-2-4-22-13/h2-7H,1H3,(H,26,28). The first kappa shape index (κ1) is 20.0. The summed E-state index contributed by atoms with van der Waals surface area (Å²) in [6.45, 7) is 1.58. The van der Waals surface area contributed by atoms with Crippen LogP contribution in [0.25, 0.3) is 21.9 Å². The summed E-state index contributed by atoms with van der Waals surface area (Å²) in [5.74, 6) is 0.332. The molecule has 1 amide bonds. The van der Waals surface area contributed by atoms with E-state index in [1.54, 1.807) is 12.3 Å². The first-order valence-electron chi connectivity index (χ1n) is 8.19. The normalized spacial score (nSPS) is 11.6. The maximum Gasteiger partial charge on any atom is 0.432 e. The van der Waals surface area contributed by atoms with Gasteiger partial charge in [0.05, 0.1) is 17.4 Å². The number of hydrogen-bond donors (Lipinski definition) is 1. The number of aryl methyl sites for hydroxylation is 1. The van der Waals surface area contributed by atoms with E-state index in [9.17, 15) is 18.0 Å². The van der Waals surface area contributed by atoms with E-state index in [1.807, 2.05) is 0 Å². The summed E-state index contributed by atoms with van der Waals surface area (Å²) in [7, 11) is 0. The van der Waals surface area contributed by atoms with Gasteiger partial charge < -0.3 is 4.74 Å². The molecule has 0 saturated heterocycles. The highest BCUT2D eigenvalue weighted by Gasteiger charge is 2.35. The summed E-state index contributed by atoms with van der Waals surface area (Å²) in [5, 5.41) is 2.42. The third-order valence-electron chi connectivity index (χ3n) is 3.88. The summed E-state index contributed by atoms with van der Waals surface area (Å²) in [6, 6.07) is 2.84. The Balaban J connectivity index is 1.56. The van der Waals surface area contributed by atoms with Gasteiger partial charge in [-0.2, -0.15) is 13.2 Å². The number of halogens is 4. The number of ether oxygens (including phenoxy) is 1. The molecule has 0 saturated carbocycles. The second-order valence-corrected chi connectivity index (χ2v) is 7.15. The topological polar surface area (TPSA) is 94.8 Å². The van der Waals surface area contributed by atoms with E-state index < -0.39 is 17.8 Å². The number of carbonyl (C=O) groups is 1. The molecule has 0 spiro atoms. The van der Waals surface area contributed by atoms with E-state index in [1.165, 1.54) is 35.9 Å². The van der Waals surface area contributed by atoms with Crippen molar-refractivity contribution in [2.24, 2.45) is 0 Å². The number of aromatic nitrogens is 5. The Morgan fingerprint density at radius 3 is 2.77 bits per heavy atom. The maximum atomic E-state index is 13.2. The smallest absolute Gasteiger partial charge is 0.406 e. The minimum absolute atomic E-state index is 0.0320. The Labute approximate surface area is 175 Å². The fourth-order valence-electron chi connectivity index (χ4n) is 2.60. The monoisotopic (exact) mass is 454 g/mol. The molecule has 0 aromatic carbocycles. The van der Waals surface area contributed by atoms with Crippen molar-refractivity contribution < 1.29 is 22.7 Å². The number of amides is 1. The number of nitrogens with zero attached hydrogens (tertiary/aromatic N) is 5. The zero-order valence-corrected chi connectivity index (χ0v) is 16.5. The summed E-state index contributed by atoms with van der Waals surface area (Å²) in [5.41, 5.74) is 1.35. The van der Waals surface area contributed by atoms with Crippen LogP contribution in [-0.4, -0.2) is 30.7 Å². The lowest BCUT2D eigenvalue weighted by molar-refractivity contribution is -0.136. The molecule has 0 aliphatic heterocycles. The van der Waals surface area contributed by atoms with Crippen LogP contribution >= 0.6 is 22.9 Å². The van der Waals surface area contributed by atoms with Crippen molar-refractivity contribution in [2.75, 3.05) is 5.43 Å². The van der Waals surface area contributed by atoms with Gasteiger partial charge in [0.25, 0.3) is 0 Å². The number of nitrogens with one attached hydrogen (secondary N) is 1. The van der Waals surface area contributed by atoms with Gasteiger partial charge in [0.2, 0.25) is 0 Å². The molecule has 1 N–H and O–H groups in total. The molecule has 4 aromatic heterocycles. The third-order valence-corrected chi connectivity index (χ3v) is 5.04. The fourth-order valence-corrected chi connectivity index (χ4v) is 3.48. The Morgan fingerprint density at radius 2 is 2.10 bits per heavy atom. The largest absolute Gasteiger partial charge is 0.432 e. The fraction of sp³-hybridized carbons (Fsp3) is 0.118. The quantitative estimate of drug-likeness (QED) is 0.483. The summed E-state index contributed by atoms with van der Waals surface area (Å²) >= 11 is 7.04. The van der Waals surface area contributed by atoms with Gasteiger partial charge in [0, 0.05) is 17.8 Å². The number of pyridine rings is 1. The van der Waals surface area contributed by atoms with Gasteiger partial charge >= 0.3 is 12.3 Å². The highest BCUT2D eigenvalue weighted by Crippen LogP contribution is 2.34. The van der Waals surface area contributed by atoms with Crippen molar-refractivity contribution in [3.8, 4) is 16.6 Å². The van der Waals surface area contributed by atoms with Crippen LogP contribution in [0.3, 0.4) is 0 Å². The van der Waals surface area contributed by atoms with Crippen LogP contribution in [0.15, 0.2) is 36.1 Å². The van der Waals surface area contributed by atoms with Gasteiger partial charge in [-0.15, -0.1) is 11.3 Å². The van der Waals surface area contributed by atoms with Crippen molar-refractivity contribution >= 4 is 40.1 Å².